The standard InChI is InChI=1S/C21H20N4O2/c1-14-18(10-12-27-17-8-4-3-5-9-17)21(26)25-20(23-14)19(15(2)24-25)16-7-6-11-22-13-16/h3-9,11,13,24H,10,12H2,1-2H3. The summed E-state index contributed by atoms with van der Waals surface area (Å²) >= 11 is 0. The second-order valence-electron chi connectivity index (χ2n) is 6.40. The smallest absolute Gasteiger partial charge is 0.276 e. The molecule has 4 rings (SSSR count). The number of aromatic nitrogens is 4. The number of nitrogens with zero attached hydrogens (tertiary/aromatic N) is 3. The van der Waals surface area contributed by atoms with Crippen LogP contribution in [0.1, 0.15) is 17.0 Å². The van der Waals surface area contributed by atoms with Crippen LogP contribution in [0.25, 0.3) is 16.8 Å². The molecule has 136 valence electrons. The fourth-order valence-corrected chi connectivity index (χ4v) is 3.26. The Morgan fingerprint density at radius 3 is 2.67 bits per heavy atom. The molecular weight excluding hydrogens is 340 g/mol. The van der Waals surface area contributed by atoms with Crippen molar-refractivity contribution in [3.05, 3.63) is 82.2 Å². The van der Waals surface area contributed by atoms with Crippen LogP contribution in [0.4, 0.5) is 0 Å². The van der Waals surface area contributed by atoms with E-state index in [1.165, 1.54) is 4.52 Å². The van der Waals surface area contributed by atoms with Gasteiger partial charge in [-0.15, -0.1) is 0 Å². The Kier molecular flexibility index (Phi) is 4.46. The van der Waals surface area contributed by atoms with E-state index in [4.69, 9.17) is 9.72 Å². The summed E-state index contributed by atoms with van der Waals surface area (Å²) in [5.41, 5.74) is 4.62. The Labute approximate surface area is 156 Å². The van der Waals surface area contributed by atoms with Crippen molar-refractivity contribution in [3.8, 4) is 16.9 Å². The summed E-state index contributed by atoms with van der Waals surface area (Å²) in [6.45, 7) is 4.22. The third-order valence-electron chi connectivity index (χ3n) is 4.58. The molecule has 0 aliphatic carbocycles. The van der Waals surface area contributed by atoms with E-state index in [0.29, 0.717) is 24.2 Å². The van der Waals surface area contributed by atoms with Crippen LogP contribution in [0.15, 0.2) is 59.7 Å². The number of hydrogen-bond acceptors (Lipinski definition) is 4. The maximum absolute atomic E-state index is 13.0. The lowest BCUT2D eigenvalue weighted by atomic mass is 10.1. The van der Waals surface area contributed by atoms with Gasteiger partial charge in [-0.1, -0.05) is 24.3 Å². The van der Waals surface area contributed by atoms with Gasteiger partial charge >= 0.3 is 0 Å². The number of aromatic amines is 1. The van der Waals surface area contributed by atoms with Crippen molar-refractivity contribution in [2.24, 2.45) is 0 Å². The SMILES string of the molecule is Cc1nc2c(-c3cccnc3)c(C)[nH]n2c(=O)c1CCOc1ccccc1. The number of ether oxygens (including phenoxy) is 1. The fraction of sp³-hybridized carbons (Fsp3) is 0.190. The number of H-pyrrole nitrogens is 1. The molecule has 0 fully saturated rings. The summed E-state index contributed by atoms with van der Waals surface area (Å²) in [5, 5.41) is 3.14. The van der Waals surface area contributed by atoms with Crippen molar-refractivity contribution in [1.29, 1.82) is 0 Å². The van der Waals surface area contributed by atoms with Gasteiger partial charge in [0, 0.05) is 46.9 Å². The first-order chi connectivity index (χ1) is 13.1. The molecule has 1 N–H and O–H groups in total. The normalized spacial score (nSPS) is 11.0. The van der Waals surface area contributed by atoms with E-state index in [2.05, 4.69) is 10.1 Å². The van der Waals surface area contributed by atoms with Crippen LogP contribution in [0.3, 0.4) is 0 Å². The molecule has 6 heteroatoms. The fourth-order valence-electron chi connectivity index (χ4n) is 3.26. The molecule has 0 atom stereocenters. The topological polar surface area (TPSA) is 72.3 Å². The maximum Gasteiger partial charge on any atom is 0.276 e. The van der Waals surface area contributed by atoms with Crippen LogP contribution >= 0.6 is 0 Å². The first-order valence-corrected chi connectivity index (χ1v) is 8.84. The molecule has 0 saturated carbocycles. The van der Waals surface area contributed by atoms with Gasteiger partial charge in [-0.3, -0.25) is 14.9 Å². The van der Waals surface area contributed by atoms with E-state index in [0.717, 1.165) is 28.3 Å². The minimum absolute atomic E-state index is 0.0904. The minimum Gasteiger partial charge on any atom is -0.493 e. The summed E-state index contributed by atoms with van der Waals surface area (Å²) < 4.78 is 7.25. The molecule has 0 aliphatic rings. The molecule has 0 saturated heterocycles. The molecule has 3 heterocycles. The first kappa shape index (κ1) is 17.0. The Morgan fingerprint density at radius 1 is 1.11 bits per heavy atom. The van der Waals surface area contributed by atoms with E-state index in [1.807, 2.05) is 56.3 Å². The van der Waals surface area contributed by atoms with Gasteiger partial charge in [-0.05, 0) is 32.0 Å². The van der Waals surface area contributed by atoms with Crippen LogP contribution in [-0.2, 0) is 6.42 Å². The molecule has 6 nitrogen and oxygen atoms in total. The van der Waals surface area contributed by atoms with Crippen molar-refractivity contribution in [2.75, 3.05) is 6.61 Å². The summed E-state index contributed by atoms with van der Waals surface area (Å²) in [5.74, 6) is 0.791. The third-order valence-corrected chi connectivity index (χ3v) is 4.58. The molecule has 27 heavy (non-hydrogen) atoms. The van der Waals surface area contributed by atoms with E-state index in [1.54, 1.807) is 12.4 Å². The van der Waals surface area contributed by atoms with Gasteiger partial charge in [0.15, 0.2) is 5.65 Å². The molecule has 0 spiro atoms. The van der Waals surface area contributed by atoms with Crippen molar-refractivity contribution < 1.29 is 4.74 Å². The number of fused-ring (bicyclic) bond motifs is 1. The van der Waals surface area contributed by atoms with Gasteiger partial charge in [0.1, 0.15) is 5.75 Å². The van der Waals surface area contributed by atoms with Crippen molar-refractivity contribution in [2.45, 2.75) is 20.3 Å². The number of aryl methyl sites for hydroxylation is 2. The number of para-hydroxylation sites is 1. The van der Waals surface area contributed by atoms with Gasteiger partial charge in [-0.2, -0.15) is 0 Å². The number of hydrogen-bond donors (Lipinski definition) is 1. The van der Waals surface area contributed by atoms with Gasteiger partial charge < -0.3 is 4.74 Å². The van der Waals surface area contributed by atoms with Crippen LogP contribution in [0.5, 0.6) is 5.75 Å². The van der Waals surface area contributed by atoms with Gasteiger partial charge in [0.05, 0.1) is 6.61 Å². The molecule has 0 bridgehead atoms. The molecule has 0 aliphatic heterocycles. The quantitative estimate of drug-likeness (QED) is 0.593. The zero-order valence-electron chi connectivity index (χ0n) is 15.3. The van der Waals surface area contributed by atoms with E-state index in [-0.39, 0.29) is 5.56 Å². The molecule has 0 unspecified atom stereocenters. The Bertz CT molecular complexity index is 1130. The maximum atomic E-state index is 13.0. The van der Waals surface area contributed by atoms with Crippen molar-refractivity contribution >= 4 is 5.65 Å². The summed E-state index contributed by atoms with van der Waals surface area (Å²) in [4.78, 5) is 21.9. The van der Waals surface area contributed by atoms with Crippen LogP contribution < -0.4 is 10.3 Å². The predicted octanol–water partition coefficient (Wildman–Crippen LogP) is 3.32. The monoisotopic (exact) mass is 360 g/mol. The summed E-state index contributed by atoms with van der Waals surface area (Å²) in [6, 6.07) is 13.4. The average molecular weight is 360 g/mol. The van der Waals surface area contributed by atoms with E-state index < -0.39 is 0 Å². The number of benzene rings is 1. The Morgan fingerprint density at radius 2 is 1.93 bits per heavy atom. The zero-order valence-corrected chi connectivity index (χ0v) is 15.3. The molecule has 3 aromatic heterocycles. The highest BCUT2D eigenvalue weighted by atomic mass is 16.5. The minimum atomic E-state index is -0.0904. The first-order valence-electron chi connectivity index (χ1n) is 8.84. The second kappa shape index (κ2) is 7.07. The van der Waals surface area contributed by atoms with Crippen LogP contribution in [-0.4, -0.2) is 26.2 Å². The van der Waals surface area contributed by atoms with Crippen LogP contribution in [0.2, 0.25) is 0 Å². The Hall–Kier alpha value is -3.41. The van der Waals surface area contributed by atoms with Crippen LogP contribution in [0, 0.1) is 13.8 Å². The lowest BCUT2D eigenvalue weighted by Gasteiger charge is -2.08. The van der Waals surface area contributed by atoms with E-state index >= 15 is 0 Å². The average Bonchev–Trinajstić information content (AvgIpc) is 3.02. The lowest BCUT2D eigenvalue weighted by Crippen LogP contribution is -2.23. The largest absolute Gasteiger partial charge is 0.493 e. The lowest BCUT2D eigenvalue weighted by molar-refractivity contribution is 0.321. The highest BCUT2D eigenvalue weighted by Gasteiger charge is 2.17. The Balaban J connectivity index is 1.69. The van der Waals surface area contributed by atoms with Crippen molar-refractivity contribution in [3.63, 3.8) is 0 Å². The molecule has 1 aromatic carbocycles. The van der Waals surface area contributed by atoms with Crippen molar-refractivity contribution in [1.82, 2.24) is 19.6 Å². The number of rotatable bonds is 5. The van der Waals surface area contributed by atoms with Gasteiger partial charge in [-0.25, -0.2) is 9.50 Å². The second-order valence-corrected chi connectivity index (χ2v) is 6.40. The molecule has 0 radical (unpaired) electrons. The molecular formula is C21H20N4O2. The molecule has 4 aromatic rings. The number of nitrogens with one attached hydrogen (secondary N) is 1. The van der Waals surface area contributed by atoms with E-state index in [9.17, 15) is 4.79 Å². The number of pyridine rings is 1. The van der Waals surface area contributed by atoms with Gasteiger partial charge in [0.2, 0.25) is 0 Å². The highest BCUT2D eigenvalue weighted by Crippen LogP contribution is 2.26. The third kappa shape index (κ3) is 3.21. The van der Waals surface area contributed by atoms with Gasteiger partial charge in [0.25, 0.3) is 5.56 Å². The summed E-state index contributed by atoms with van der Waals surface area (Å²) in [6.07, 6.45) is 4.00. The summed E-state index contributed by atoms with van der Waals surface area (Å²) in [7, 11) is 0. The molecule has 0 amide bonds. The highest BCUT2D eigenvalue weighted by molar-refractivity contribution is 5.79. The zero-order chi connectivity index (χ0) is 18.8. The predicted molar refractivity (Wildman–Crippen MR) is 104 cm³/mol.